The Morgan fingerprint density at radius 1 is 1.45 bits per heavy atom. The molecule has 0 aliphatic heterocycles. The Morgan fingerprint density at radius 2 is 2.20 bits per heavy atom. The van der Waals surface area contributed by atoms with Gasteiger partial charge in [0, 0.05) is 6.08 Å². The van der Waals surface area contributed by atoms with Crippen molar-refractivity contribution < 1.29 is 9.53 Å². The molecule has 0 aromatic heterocycles. The maximum Gasteiger partial charge on any atom is 0.335 e. The Bertz CT molecular complexity index is 456. The Hall–Kier alpha value is -1.57. The van der Waals surface area contributed by atoms with Crippen LogP contribution in [0.2, 0.25) is 0 Å². The zero-order valence-electron chi connectivity index (χ0n) is 12.2. The number of rotatable bonds is 5. The summed E-state index contributed by atoms with van der Waals surface area (Å²) in [4.78, 5) is 11.2. The average molecular weight is 271 g/mol. The molecule has 0 spiro atoms. The Balaban J connectivity index is 1.97. The van der Waals surface area contributed by atoms with Crippen molar-refractivity contribution in [1.29, 1.82) is 0 Å². The highest BCUT2D eigenvalue weighted by Gasteiger charge is 2.22. The molecule has 20 heavy (non-hydrogen) atoms. The lowest BCUT2D eigenvalue weighted by molar-refractivity contribution is -0.128. The lowest BCUT2D eigenvalue weighted by Crippen LogP contribution is -2.13. The summed E-state index contributed by atoms with van der Waals surface area (Å²) in [5, 5.41) is 0. The van der Waals surface area contributed by atoms with Crippen LogP contribution in [-0.2, 0) is 4.79 Å². The van der Waals surface area contributed by atoms with Gasteiger partial charge in [-0.05, 0) is 61.3 Å². The van der Waals surface area contributed by atoms with Crippen LogP contribution in [0.4, 0.5) is 0 Å². The van der Waals surface area contributed by atoms with Crippen molar-refractivity contribution in [3.05, 3.63) is 42.5 Å². The minimum absolute atomic E-state index is 0.409. The van der Waals surface area contributed by atoms with E-state index in [1.54, 1.807) is 6.07 Å². The largest absolute Gasteiger partial charge is 0.423 e. The first-order chi connectivity index (χ1) is 9.72. The van der Waals surface area contributed by atoms with Gasteiger partial charge >= 0.3 is 5.97 Å². The van der Waals surface area contributed by atoms with Gasteiger partial charge in [0.1, 0.15) is 5.75 Å². The van der Waals surface area contributed by atoms with Crippen molar-refractivity contribution >= 4 is 5.97 Å². The standard InChI is InChI=1S/C18H23O2/c1-3-6-14-9-11-15(12-10-14)16-7-5-8-17(13-16)20-18(19)4-2/h4-5,8,13-15H,2-3,6,9-12H2,1H3. The maximum atomic E-state index is 11.2. The Morgan fingerprint density at radius 3 is 2.85 bits per heavy atom. The molecular formula is C18H23O2. The van der Waals surface area contributed by atoms with E-state index in [-0.39, 0.29) is 0 Å². The van der Waals surface area contributed by atoms with Crippen LogP contribution in [0.1, 0.15) is 56.9 Å². The molecule has 1 aromatic rings. The average Bonchev–Trinajstić information content (AvgIpc) is 2.48. The van der Waals surface area contributed by atoms with E-state index in [0.717, 1.165) is 5.92 Å². The highest BCUT2D eigenvalue weighted by Crippen LogP contribution is 2.38. The van der Waals surface area contributed by atoms with Gasteiger partial charge in [-0.1, -0.05) is 32.4 Å². The Labute approximate surface area is 121 Å². The summed E-state index contributed by atoms with van der Waals surface area (Å²) in [6, 6.07) is 8.87. The van der Waals surface area contributed by atoms with E-state index in [1.807, 2.05) is 12.1 Å². The van der Waals surface area contributed by atoms with E-state index in [0.29, 0.717) is 11.7 Å². The molecule has 1 radical (unpaired) electrons. The first-order valence-electron chi connectivity index (χ1n) is 7.58. The predicted octanol–water partition coefficient (Wildman–Crippen LogP) is 4.65. The Kier molecular flexibility index (Phi) is 5.40. The van der Waals surface area contributed by atoms with Crippen LogP contribution in [0, 0.1) is 12.0 Å². The fraction of sp³-hybridized carbons (Fsp3) is 0.500. The number of ether oxygens (including phenoxy) is 1. The van der Waals surface area contributed by atoms with Crippen LogP contribution in [0.15, 0.2) is 30.9 Å². The topological polar surface area (TPSA) is 26.3 Å². The normalized spacial score (nSPS) is 22.2. The van der Waals surface area contributed by atoms with E-state index >= 15 is 0 Å². The molecule has 0 unspecified atom stereocenters. The number of esters is 1. The summed E-state index contributed by atoms with van der Waals surface area (Å²) in [7, 11) is 0. The molecule has 0 amide bonds. The molecule has 2 rings (SSSR count). The van der Waals surface area contributed by atoms with Gasteiger partial charge in [0.2, 0.25) is 0 Å². The van der Waals surface area contributed by atoms with Crippen molar-refractivity contribution in [2.45, 2.75) is 51.4 Å². The summed E-state index contributed by atoms with van der Waals surface area (Å²) in [6.45, 7) is 5.67. The van der Waals surface area contributed by atoms with Crippen LogP contribution < -0.4 is 4.74 Å². The third-order valence-electron chi connectivity index (χ3n) is 4.16. The second kappa shape index (κ2) is 7.28. The van der Waals surface area contributed by atoms with E-state index in [2.05, 4.69) is 19.6 Å². The fourth-order valence-corrected chi connectivity index (χ4v) is 3.09. The predicted molar refractivity (Wildman–Crippen MR) is 80.7 cm³/mol. The number of carbonyl (C=O) groups excluding carboxylic acids is 1. The van der Waals surface area contributed by atoms with Gasteiger partial charge in [-0.25, -0.2) is 4.79 Å². The number of hydrogen-bond acceptors (Lipinski definition) is 2. The zero-order valence-corrected chi connectivity index (χ0v) is 12.2. The van der Waals surface area contributed by atoms with Crippen molar-refractivity contribution in [2.75, 3.05) is 0 Å². The van der Waals surface area contributed by atoms with E-state index in [9.17, 15) is 4.79 Å². The highest BCUT2D eigenvalue weighted by atomic mass is 16.5. The second-order valence-corrected chi connectivity index (χ2v) is 5.61. The molecule has 0 atom stereocenters. The summed E-state index contributed by atoms with van der Waals surface area (Å²) < 4.78 is 5.18. The summed E-state index contributed by atoms with van der Waals surface area (Å²) >= 11 is 0. The SMILES string of the molecule is C=CC(=O)Oc1cc[c]c(C2CCC(CCC)CC2)c1. The first kappa shape index (κ1) is 14.8. The monoisotopic (exact) mass is 271 g/mol. The lowest BCUT2D eigenvalue weighted by Gasteiger charge is -2.28. The fourth-order valence-electron chi connectivity index (χ4n) is 3.09. The summed E-state index contributed by atoms with van der Waals surface area (Å²) in [6.07, 6.45) is 8.89. The first-order valence-corrected chi connectivity index (χ1v) is 7.58. The minimum atomic E-state index is -0.409. The quantitative estimate of drug-likeness (QED) is 0.442. The zero-order chi connectivity index (χ0) is 14.4. The van der Waals surface area contributed by atoms with Crippen molar-refractivity contribution in [3.8, 4) is 5.75 Å². The smallest absolute Gasteiger partial charge is 0.335 e. The van der Waals surface area contributed by atoms with Gasteiger partial charge in [0.05, 0.1) is 0 Å². The van der Waals surface area contributed by atoms with Crippen LogP contribution in [0.25, 0.3) is 0 Å². The second-order valence-electron chi connectivity index (χ2n) is 5.61. The molecule has 1 fully saturated rings. The van der Waals surface area contributed by atoms with Gasteiger partial charge in [-0.3, -0.25) is 0 Å². The molecule has 0 heterocycles. The molecule has 2 nitrogen and oxygen atoms in total. The lowest BCUT2D eigenvalue weighted by atomic mass is 9.77. The van der Waals surface area contributed by atoms with Crippen molar-refractivity contribution in [1.82, 2.24) is 0 Å². The van der Waals surface area contributed by atoms with Crippen molar-refractivity contribution in [2.24, 2.45) is 5.92 Å². The van der Waals surface area contributed by atoms with Gasteiger partial charge in [0.15, 0.2) is 0 Å². The molecule has 0 N–H and O–H groups in total. The third kappa shape index (κ3) is 3.96. The van der Waals surface area contributed by atoms with Crippen LogP contribution in [0.3, 0.4) is 0 Å². The molecule has 107 valence electrons. The highest BCUT2D eigenvalue weighted by molar-refractivity contribution is 5.83. The van der Waals surface area contributed by atoms with E-state index in [1.165, 1.54) is 50.2 Å². The molecule has 1 aromatic carbocycles. The molecule has 1 aliphatic rings. The van der Waals surface area contributed by atoms with E-state index in [4.69, 9.17) is 4.74 Å². The van der Waals surface area contributed by atoms with Gasteiger partial charge in [0.25, 0.3) is 0 Å². The summed E-state index contributed by atoms with van der Waals surface area (Å²) in [5.74, 6) is 1.65. The van der Waals surface area contributed by atoms with Crippen LogP contribution in [0.5, 0.6) is 5.75 Å². The number of carbonyl (C=O) groups is 1. The maximum absolute atomic E-state index is 11.2. The molecule has 0 bridgehead atoms. The van der Waals surface area contributed by atoms with E-state index < -0.39 is 5.97 Å². The number of benzene rings is 1. The van der Waals surface area contributed by atoms with Gasteiger partial charge in [-0.15, -0.1) is 0 Å². The van der Waals surface area contributed by atoms with Gasteiger partial charge in [-0.2, -0.15) is 0 Å². The van der Waals surface area contributed by atoms with Crippen LogP contribution >= 0.6 is 0 Å². The molecule has 1 saturated carbocycles. The van der Waals surface area contributed by atoms with Crippen LogP contribution in [-0.4, -0.2) is 5.97 Å². The molecule has 2 heteroatoms. The number of hydrogen-bond donors (Lipinski definition) is 0. The minimum Gasteiger partial charge on any atom is -0.423 e. The molecular weight excluding hydrogens is 248 g/mol. The molecule has 1 aliphatic carbocycles. The molecule has 0 saturated heterocycles. The van der Waals surface area contributed by atoms with Crippen molar-refractivity contribution in [3.63, 3.8) is 0 Å². The van der Waals surface area contributed by atoms with Gasteiger partial charge < -0.3 is 4.74 Å². The third-order valence-corrected chi connectivity index (χ3v) is 4.16. The summed E-state index contributed by atoms with van der Waals surface area (Å²) in [5.41, 5.74) is 1.18.